The fourth-order valence-corrected chi connectivity index (χ4v) is 7.03. The van der Waals surface area contributed by atoms with Crippen LogP contribution in [0.5, 0.6) is 0 Å². The van der Waals surface area contributed by atoms with E-state index in [9.17, 15) is 35.1 Å². The molecule has 1 heterocycles. The van der Waals surface area contributed by atoms with Crippen LogP contribution >= 0.6 is 0 Å². The van der Waals surface area contributed by atoms with Crippen molar-refractivity contribution >= 4 is 11.8 Å². The molecule has 0 aromatic rings. The van der Waals surface area contributed by atoms with Crippen LogP contribution in [0.15, 0.2) is 12.7 Å². The molecule has 0 amide bonds. The first kappa shape index (κ1) is 27.2. The molecule has 9 atom stereocenters. The Balaban J connectivity index is 2.28. The van der Waals surface area contributed by atoms with E-state index in [1.54, 1.807) is 13.8 Å². The summed E-state index contributed by atoms with van der Waals surface area (Å²) in [6.07, 6.45) is -2.41. The zero-order valence-corrected chi connectivity index (χ0v) is 21.0. The van der Waals surface area contributed by atoms with Gasteiger partial charge in [-0.2, -0.15) is 0 Å². The Kier molecular flexibility index (Phi) is 6.47. The van der Waals surface area contributed by atoms with Crippen molar-refractivity contribution in [3.8, 4) is 0 Å². The van der Waals surface area contributed by atoms with Gasteiger partial charge in [0.25, 0.3) is 0 Å². The maximum atomic E-state index is 13.8. The predicted molar refractivity (Wildman–Crippen MR) is 121 cm³/mol. The lowest BCUT2D eigenvalue weighted by molar-refractivity contribution is -0.371. The third-order valence-corrected chi connectivity index (χ3v) is 9.19. The second-order valence-electron chi connectivity index (χ2n) is 11.7. The van der Waals surface area contributed by atoms with Crippen LogP contribution in [0.4, 0.5) is 0 Å². The Morgan fingerprint density at radius 3 is 2.35 bits per heavy atom. The van der Waals surface area contributed by atoms with E-state index in [4.69, 9.17) is 9.47 Å². The van der Waals surface area contributed by atoms with Gasteiger partial charge < -0.3 is 35.0 Å². The van der Waals surface area contributed by atoms with E-state index in [0.29, 0.717) is 12.8 Å². The molecule has 5 N–H and O–H groups in total. The van der Waals surface area contributed by atoms with Crippen LogP contribution < -0.4 is 0 Å². The monoisotopic (exact) mass is 484 g/mol. The summed E-state index contributed by atoms with van der Waals surface area (Å²) in [5.74, 6) is -2.69. The van der Waals surface area contributed by atoms with Crippen molar-refractivity contribution in [3.63, 3.8) is 0 Å². The predicted octanol–water partition coefficient (Wildman–Crippen LogP) is 0.633. The van der Waals surface area contributed by atoms with Gasteiger partial charge >= 0.3 is 5.97 Å². The molecule has 0 aromatic carbocycles. The fourth-order valence-electron chi connectivity index (χ4n) is 7.03. The summed E-state index contributed by atoms with van der Waals surface area (Å²) in [4.78, 5) is 26.8. The lowest BCUT2D eigenvalue weighted by Crippen LogP contribution is -2.86. The molecule has 2 aliphatic carbocycles. The molecule has 1 unspecified atom stereocenters. The molecule has 1 aliphatic heterocycles. The zero-order chi connectivity index (χ0) is 26.1. The van der Waals surface area contributed by atoms with Gasteiger partial charge in [0, 0.05) is 17.8 Å². The molecular weight excluding hydrogens is 444 g/mol. The quantitative estimate of drug-likeness (QED) is 0.279. The lowest BCUT2D eigenvalue weighted by atomic mass is 9.40. The van der Waals surface area contributed by atoms with Crippen LogP contribution in [0.1, 0.15) is 67.2 Å². The van der Waals surface area contributed by atoms with Gasteiger partial charge in [0.15, 0.2) is 23.1 Å². The van der Waals surface area contributed by atoms with Gasteiger partial charge in [-0.25, -0.2) is 4.79 Å². The highest BCUT2D eigenvalue weighted by Gasteiger charge is 2.81. The number of hydrogen-bond donors (Lipinski definition) is 5. The van der Waals surface area contributed by atoms with Crippen LogP contribution in [-0.4, -0.2) is 84.6 Å². The SMILES string of the molecule is C=C[C@@]1(C)CC(=O)[C@]2(O)[C@@]3(C)[C@@H](O)CCC(C)(C)[C@@H]3[C@H](O)[C@H](OC(=O)C(O)(CC)CO)[C@@]2(C)O1. The van der Waals surface area contributed by atoms with Gasteiger partial charge in [-0.3, -0.25) is 4.79 Å². The van der Waals surface area contributed by atoms with E-state index < -0.39 is 75.8 Å². The molecule has 0 radical (unpaired) electrons. The van der Waals surface area contributed by atoms with Gasteiger partial charge in [-0.05, 0) is 38.5 Å². The van der Waals surface area contributed by atoms with Crippen LogP contribution in [0.25, 0.3) is 0 Å². The molecule has 0 bridgehead atoms. The van der Waals surface area contributed by atoms with Crippen LogP contribution in [0, 0.1) is 16.7 Å². The van der Waals surface area contributed by atoms with Crippen molar-refractivity contribution in [2.45, 2.75) is 108 Å². The molecule has 9 heteroatoms. The minimum Gasteiger partial charge on any atom is -0.454 e. The molecule has 1 saturated heterocycles. The maximum absolute atomic E-state index is 13.8. The molecule has 9 nitrogen and oxygen atoms in total. The Hall–Kier alpha value is -1.36. The average Bonchev–Trinajstić information content (AvgIpc) is 2.76. The highest BCUT2D eigenvalue weighted by Crippen LogP contribution is 2.67. The maximum Gasteiger partial charge on any atom is 0.341 e. The number of carbonyl (C=O) groups excluding carboxylic acids is 2. The van der Waals surface area contributed by atoms with Crippen molar-refractivity contribution in [2.24, 2.45) is 16.7 Å². The number of ether oxygens (including phenoxy) is 2. The molecule has 34 heavy (non-hydrogen) atoms. The second kappa shape index (κ2) is 8.08. The molecule has 3 aliphatic rings. The van der Waals surface area contributed by atoms with Gasteiger partial charge in [0.2, 0.25) is 0 Å². The van der Waals surface area contributed by atoms with Crippen LogP contribution in [0.2, 0.25) is 0 Å². The summed E-state index contributed by atoms with van der Waals surface area (Å²) in [5.41, 5.74) is -10.0. The van der Waals surface area contributed by atoms with Crippen molar-refractivity contribution in [3.05, 3.63) is 12.7 Å². The number of Topliss-reactive ketones (excluding diaryl/α,β-unsaturated/α-hetero) is 1. The molecule has 194 valence electrons. The van der Waals surface area contributed by atoms with Gasteiger partial charge in [0.05, 0.1) is 24.4 Å². The first-order valence-electron chi connectivity index (χ1n) is 11.9. The lowest BCUT2D eigenvalue weighted by Gasteiger charge is -2.71. The normalized spacial score (nSPS) is 47.7. The topological polar surface area (TPSA) is 154 Å². The van der Waals surface area contributed by atoms with Gasteiger partial charge in [0.1, 0.15) is 5.60 Å². The van der Waals surface area contributed by atoms with Crippen molar-refractivity contribution in [1.82, 2.24) is 0 Å². The Labute approximate surface area is 200 Å². The van der Waals surface area contributed by atoms with E-state index in [2.05, 4.69) is 6.58 Å². The number of esters is 1. The molecule has 3 rings (SSSR count). The Morgan fingerprint density at radius 1 is 1.26 bits per heavy atom. The Morgan fingerprint density at radius 2 is 1.85 bits per heavy atom. The average molecular weight is 485 g/mol. The van der Waals surface area contributed by atoms with Gasteiger partial charge in [-0.1, -0.05) is 33.8 Å². The summed E-state index contributed by atoms with van der Waals surface area (Å²) >= 11 is 0. The number of rotatable bonds is 5. The Bertz CT molecular complexity index is 866. The molecular formula is C25H40O9. The van der Waals surface area contributed by atoms with E-state index in [1.165, 1.54) is 19.9 Å². The third-order valence-electron chi connectivity index (χ3n) is 9.19. The van der Waals surface area contributed by atoms with Gasteiger partial charge in [-0.15, -0.1) is 6.58 Å². The highest BCUT2D eigenvalue weighted by molar-refractivity contribution is 5.92. The second-order valence-corrected chi connectivity index (χ2v) is 11.7. The van der Waals surface area contributed by atoms with Crippen LogP contribution in [0.3, 0.4) is 0 Å². The van der Waals surface area contributed by atoms with Crippen LogP contribution in [-0.2, 0) is 19.1 Å². The van der Waals surface area contributed by atoms with Crippen molar-refractivity contribution < 1.29 is 44.6 Å². The first-order valence-corrected chi connectivity index (χ1v) is 11.9. The zero-order valence-electron chi connectivity index (χ0n) is 21.0. The fraction of sp³-hybridized carbons (Fsp3) is 0.840. The largest absolute Gasteiger partial charge is 0.454 e. The van der Waals surface area contributed by atoms with E-state index in [1.807, 2.05) is 13.8 Å². The number of ketones is 1. The molecule has 0 spiro atoms. The molecule has 0 aromatic heterocycles. The summed E-state index contributed by atoms with van der Waals surface area (Å²) < 4.78 is 11.9. The van der Waals surface area contributed by atoms with E-state index in [-0.39, 0.29) is 12.8 Å². The summed E-state index contributed by atoms with van der Waals surface area (Å²) in [5, 5.41) is 55.5. The summed E-state index contributed by atoms with van der Waals surface area (Å²) in [6, 6.07) is 0. The van der Waals surface area contributed by atoms with Crippen molar-refractivity contribution in [1.29, 1.82) is 0 Å². The number of carbonyl (C=O) groups is 2. The number of aliphatic hydroxyl groups excluding tert-OH is 3. The number of fused-ring (bicyclic) bond motifs is 3. The first-order chi connectivity index (χ1) is 15.4. The van der Waals surface area contributed by atoms with E-state index in [0.717, 1.165) is 0 Å². The number of hydrogen-bond acceptors (Lipinski definition) is 9. The molecule has 3 fully saturated rings. The summed E-state index contributed by atoms with van der Waals surface area (Å²) in [7, 11) is 0. The third kappa shape index (κ3) is 3.28. The van der Waals surface area contributed by atoms with E-state index >= 15 is 0 Å². The summed E-state index contributed by atoms with van der Waals surface area (Å²) in [6.45, 7) is 12.6. The minimum atomic E-state index is -2.35. The highest BCUT2D eigenvalue weighted by atomic mass is 16.6. The smallest absolute Gasteiger partial charge is 0.341 e. The number of aliphatic hydroxyl groups is 5. The minimum absolute atomic E-state index is 0.165. The molecule has 2 saturated carbocycles. The van der Waals surface area contributed by atoms with Crippen molar-refractivity contribution in [2.75, 3.05) is 6.61 Å². The standard InChI is InChI=1S/C25H40O9/c1-8-21(5)12-15(28)25(32)22(6)14(27)10-11-20(3,4)17(22)16(29)18(23(25,7)34-21)33-19(30)24(31,9-2)13-26/h8,14,16-18,26-27,29,31-32H,1,9-13H2,2-7H3/t14-,16-,17-,18-,21-,22-,23+,24?,25-/m0/s1.